The summed E-state index contributed by atoms with van der Waals surface area (Å²) >= 11 is 8.45. The number of carbonyl (C=O) groups excluding carboxylic acids is 1. The SMILES string of the molecule is CC(=O)c1cc(Br)cc([N+](=O)[O-])c1OC/C=C/Cl. The molecule has 0 spiro atoms. The smallest absolute Gasteiger partial charge is 0.312 e. The molecule has 1 aromatic rings. The van der Waals surface area contributed by atoms with Crippen molar-refractivity contribution in [2.45, 2.75) is 6.92 Å². The van der Waals surface area contributed by atoms with E-state index in [4.69, 9.17) is 16.3 Å². The molecule has 0 aliphatic rings. The topological polar surface area (TPSA) is 69.4 Å². The summed E-state index contributed by atoms with van der Waals surface area (Å²) in [5.41, 5.74) is 1.12. The Labute approximate surface area is 117 Å². The zero-order chi connectivity index (χ0) is 13.7. The van der Waals surface area contributed by atoms with Crippen molar-refractivity contribution in [2.24, 2.45) is 0 Å². The van der Waals surface area contributed by atoms with Gasteiger partial charge in [0, 0.05) is 16.1 Å². The van der Waals surface area contributed by atoms with E-state index in [0.717, 1.165) is 0 Å². The molecule has 7 heteroatoms. The number of nitrogens with zero attached hydrogens (tertiary/aromatic N) is 1. The maximum atomic E-state index is 11.5. The summed E-state index contributed by atoms with van der Waals surface area (Å²) in [5.74, 6) is -0.366. The second kappa shape index (κ2) is 6.51. The Bertz CT molecular complexity index is 481. The fraction of sp³-hybridized carbons (Fsp3) is 0.182. The number of carbonyl (C=O) groups is 1. The second-order valence-corrected chi connectivity index (χ2v) is 4.46. The van der Waals surface area contributed by atoms with Crippen LogP contribution in [0.25, 0.3) is 0 Å². The first-order chi connectivity index (χ1) is 8.47. The molecule has 0 saturated carbocycles. The van der Waals surface area contributed by atoms with E-state index in [-0.39, 0.29) is 29.4 Å². The van der Waals surface area contributed by atoms with E-state index in [9.17, 15) is 14.9 Å². The van der Waals surface area contributed by atoms with Gasteiger partial charge >= 0.3 is 5.69 Å². The summed E-state index contributed by atoms with van der Waals surface area (Å²) in [6, 6.07) is 2.77. The Hall–Kier alpha value is -1.40. The molecule has 0 N–H and O–H groups in total. The minimum absolute atomic E-state index is 0.0479. The van der Waals surface area contributed by atoms with Gasteiger partial charge in [0.05, 0.1) is 10.5 Å². The Morgan fingerprint density at radius 3 is 2.78 bits per heavy atom. The van der Waals surface area contributed by atoms with Gasteiger partial charge in [-0.3, -0.25) is 14.9 Å². The first-order valence-electron chi connectivity index (χ1n) is 4.84. The molecule has 18 heavy (non-hydrogen) atoms. The van der Waals surface area contributed by atoms with Crippen molar-refractivity contribution in [2.75, 3.05) is 6.61 Å². The van der Waals surface area contributed by atoms with Crippen LogP contribution >= 0.6 is 27.5 Å². The highest BCUT2D eigenvalue weighted by atomic mass is 79.9. The van der Waals surface area contributed by atoms with Crippen LogP contribution in [0.3, 0.4) is 0 Å². The lowest BCUT2D eigenvalue weighted by Gasteiger charge is -2.09. The molecule has 0 aliphatic carbocycles. The van der Waals surface area contributed by atoms with Gasteiger partial charge < -0.3 is 4.74 Å². The molecule has 0 aliphatic heterocycles. The van der Waals surface area contributed by atoms with E-state index in [0.29, 0.717) is 4.47 Å². The molecule has 0 radical (unpaired) electrons. The van der Waals surface area contributed by atoms with Crippen LogP contribution in [0.15, 0.2) is 28.2 Å². The molecule has 0 atom stereocenters. The van der Waals surface area contributed by atoms with Crippen LogP contribution in [-0.4, -0.2) is 17.3 Å². The molecular formula is C11H9BrClNO4. The van der Waals surface area contributed by atoms with Gasteiger partial charge in [0.15, 0.2) is 5.78 Å². The van der Waals surface area contributed by atoms with Gasteiger partial charge in [-0.1, -0.05) is 27.5 Å². The third-order valence-corrected chi connectivity index (χ3v) is 2.66. The first-order valence-corrected chi connectivity index (χ1v) is 6.07. The highest BCUT2D eigenvalue weighted by Gasteiger charge is 2.22. The van der Waals surface area contributed by atoms with E-state index in [2.05, 4.69) is 15.9 Å². The highest BCUT2D eigenvalue weighted by molar-refractivity contribution is 9.10. The number of nitro groups is 1. The quantitative estimate of drug-likeness (QED) is 0.468. The molecule has 5 nitrogen and oxygen atoms in total. The normalized spacial score (nSPS) is 10.6. The first kappa shape index (κ1) is 14.7. The zero-order valence-corrected chi connectivity index (χ0v) is 11.7. The number of hydrogen-bond acceptors (Lipinski definition) is 4. The van der Waals surface area contributed by atoms with Gasteiger partial charge in [-0.25, -0.2) is 0 Å². The number of ether oxygens (including phenoxy) is 1. The molecule has 0 saturated heterocycles. The van der Waals surface area contributed by atoms with Gasteiger partial charge in [0.25, 0.3) is 0 Å². The number of Topliss-reactive ketones (excluding diaryl/α,β-unsaturated/α-hetero) is 1. The van der Waals surface area contributed by atoms with E-state index in [1.54, 1.807) is 0 Å². The third-order valence-electron chi connectivity index (χ3n) is 2.02. The fourth-order valence-corrected chi connectivity index (χ4v) is 1.81. The van der Waals surface area contributed by atoms with E-state index >= 15 is 0 Å². The molecule has 0 unspecified atom stereocenters. The fourth-order valence-electron chi connectivity index (χ4n) is 1.30. The van der Waals surface area contributed by atoms with Crippen molar-refractivity contribution in [3.63, 3.8) is 0 Å². The monoisotopic (exact) mass is 333 g/mol. The molecule has 0 fully saturated rings. The Kier molecular flexibility index (Phi) is 5.30. The molecular weight excluding hydrogens is 325 g/mol. The lowest BCUT2D eigenvalue weighted by molar-refractivity contribution is -0.385. The predicted molar refractivity (Wildman–Crippen MR) is 71.3 cm³/mol. The van der Waals surface area contributed by atoms with Crippen molar-refractivity contribution in [3.8, 4) is 5.75 Å². The van der Waals surface area contributed by atoms with E-state index in [1.165, 1.54) is 30.7 Å². The second-order valence-electron chi connectivity index (χ2n) is 3.29. The van der Waals surface area contributed by atoms with Crippen LogP contribution in [0.5, 0.6) is 5.75 Å². The summed E-state index contributed by atoms with van der Waals surface area (Å²) in [6.07, 6.45) is 1.47. The molecule has 1 aromatic carbocycles. The van der Waals surface area contributed by atoms with Crippen molar-refractivity contribution in [3.05, 3.63) is 43.9 Å². The van der Waals surface area contributed by atoms with Gasteiger partial charge in [-0.05, 0) is 19.1 Å². The zero-order valence-electron chi connectivity index (χ0n) is 9.35. The van der Waals surface area contributed by atoms with Crippen molar-refractivity contribution in [1.29, 1.82) is 0 Å². The summed E-state index contributed by atoms with van der Waals surface area (Å²) in [4.78, 5) is 21.8. The van der Waals surface area contributed by atoms with Gasteiger partial charge in [0.2, 0.25) is 5.75 Å². The van der Waals surface area contributed by atoms with Crippen LogP contribution in [0, 0.1) is 10.1 Å². The van der Waals surface area contributed by atoms with E-state index < -0.39 is 4.92 Å². The molecule has 0 amide bonds. The summed E-state index contributed by atoms with van der Waals surface area (Å²) in [7, 11) is 0. The highest BCUT2D eigenvalue weighted by Crippen LogP contribution is 2.34. The molecule has 1 rings (SSSR count). The molecule has 0 heterocycles. The average molecular weight is 335 g/mol. The minimum atomic E-state index is -0.600. The standard InChI is InChI=1S/C11H9BrClNO4/c1-7(15)9-5-8(12)6-10(14(16)17)11(9)18-4-2-3-13/h2-3,5-6H,4H2,1H3/b3-2+. The van der Waals surface area contributed by atoms with E-state index in [1.807, 2.05) is 0 Å². The lowest BCUT2D eigenvalue weighted by Crippen LogP contribution is -2.05. The van der Waals surface area contributed by atoms with Crippen LogP contribution in [0.2, 0.25) is 0 Å². The predicted octanol–water partition coefficient (Wildman–Crippen LogP) is 3.69. The van der Waals surface area contributed by atoms with Crippen molar-refractivity contribution >= 4 is 39.0 Å². The van der Waals surface area contributed by atoms with Crippen LogP contribution in [-0.2, 0) is 0 Å². The number of benzene rings is 1. The number of hydrogen-bond donors (Lipinski definition) is 0. The molecule has 96 valence electrons. The number of halogens is 2. The Morgan fingerprint density at radius 2 is 2.28 bits per heavy atom. The Morgan fingerprint density at radius 1 is 1.61 bits per heavy atom. The number of rotatable bonds is 5. The van der Waals surface area contributed by atoms with Gasteiger partial charge in [-0.2, -0.15) is 0 Å². The minimum Gasteiger partial charge on any atom is -0.482 e. The van der Waals surface area contributed by atoms with Crippen LogP contribution in [0.4, 0.5) is 5.69 Å². The average Bonchev–Trinajstić information content (AvgIpc) is 2.30. The maximum Gasteiger partial charge on any atom is 0.312 e. The Balaban J connectivity index is 3.31. The number of ketones is 1. The van der Waals surface area contributed by atoms with Crippen LogP contribution in [0.1, 0.15) is 17.3 Å². The summed E-state index contributed by atoms with van der Waals surface area (Å²) in [5, 5.41) is 10.9. The van der Waals surface area contributed by atoms with Crippen molar-refractivity contribution < 1.29 is 14.5 Å². The van der Waals surface area contributed by atoms with Crippen LogP contribution < -0.4 is 4.74 Å². The van der Waals surface area contributed by atoms with Gasteiger partial charge in [-0.15, -0.1) is 0 Å². The summed E-state index contributed by atoms with van der Waals surface area (Å²) < 4.78 is 5.68. The van der Waals surface area contributed by atoms with Gasteiger partial charge in [0.1, 0.15) is 6.61 Å². The lowest BCUT2D eigenvalue weighted by atomic mass is 10.1. The van der Waals surface area contributed by atoms with Crippen molar-refractivity contribution in [1.82, 2.24) is 0 Å². The molecule has 0 bridgehead atoms. The molecule has 0 aromatic heterocycles. The largest absolute Gasteiger partial charge is 0.482 e. The third kappa shape index (κ3) is 3.54. The summed E-state index contributed by atoms with van der Waals surface area (Å²) in [6.45, 7) is 1.36. The maximum absolute atomic E-state index is 11.5. The number of nitro benzene ring substituents is 1.